The first-order chi connectivity index (χ1) is 21.6. The molecule has 0 aliphatic carbocycles. The van der Waals surface area contributed by atoms with E-state index in [2.05, 4.69) is 62.9 Å². The molecule has 1 aromatic heterocycles. The molecule has 2 amide bonds. The number of aromatic nitrogens is 3. The number of para-hydroxylation sites is 1. The van der Waals surface area contributed by atoms with Gasteiger partial charge in [-0.15, -0.1) is 18.3 Å². The van der Waals surface area contributed by atoms with Gasteiger partial charge in [-0.05, 0) is 66.1 Å². The van der Waals surface area contributed by atoms with Gasteiger partial charge >= 0.3 is 12.4 Å². The molecule has 1 N–H and O–H groups in total. The number of nitrogens with zero attached hydrogens (tertiary/aromatic N) is 5. The average molecular weight is 637 g/mol. The van der Waals surface area contributed by atoms with Gasteiger partial charge < -0.3 is 15.0 Å². The lowest BCUT2D eigenvalue weighted by Gasteiger charge is -2.31. The van der Waals surface area contributed by atoms with Crippen LogP contribution in [-0.2, 0) is 0 Å². The van der Waals surface area contributed by atoms with Crippen molar-refractivity contribution in [2.75, 3.05) is 23.7 Å². The van der Waals surface area contributed by atoms with Crippen molar-refractivity contribution in [1.29, 1.82) is 0 Å². The summed E-state index contributed by atoms with van der Waals surface area (Å²) < 4.78 is 42.7. The number of ether oxygens (including phenoxy) is 1. The number of aliphatic imine (C=N–C) groups is 1. The van der Waals surface area contributed by atoms with Crippen LogP contribution in [0.3, 0.4) is 0 Å². The lowest BCUT2D eigenvalue weighted by molar-refractivity contribution is -0.274. The van der Waals surface area contributed by atoms with Crippen LogP contribution in [0.15, 0.2) is 84.1 Å². The normalized spacial score (nSPS) is 15.4. The summed E-state index contributed by atoms with van der Waals surface area (Å²) in [7, 11) is 0. The van der Waals surface area contributed by atoms with E-state index < -0.39 is 6.36 Å². The second-order valence-electron chi connectivity index (χ2n) is 11.1. The molecule has 1 aliphatic heterocycles. The third kappa shape index (κ3) is 8.44. The summed E-state index contributed by atoms with van der Waals surface area (Å²) in [6.45, 7) is 7.77. The molecular weight excluding hydrogens is 601 g/mol. The first kappa shape index (κ1) is 32.1. The van der Waals surface area contributed by atoms with Crippen LogP contribution in [0.2, 0.25) is 0 Å². The van der Waals surface area contributed by atoms with E-state index in [4.69, 9.17) is 0 Å². The molecule has 1 saturated heterocycles. The highest BCUT2D eigenvalue weighted by Gasteiger charge is 2.31. The van der Waals surface area contributed by atoms with Crippen molar-refractivity contribution in [3.8, 4) is 22.8 Å². The molecule has 0 radical (unpaired) electrons. The Labute approximate surface area is 264 Å². The van der Waals surface area contributed by atoms with Crippen molar-refractivity contribution < 1.29 is 22.7 Å². The van der Waals surface area contributed by atoms with E-state index in [-0.39, 0.29) is 17.7 Å². The van der Waals surface area contributed by atoms with Gasteiger partial charge in [0.15, 0.2) is 11.0 Å². The molecule has 236 valence electrons. The van der Waals surface area contributed by atoms with Gasteiger partial charge in [-0.25, -0.2) is 14.5 Å². The molecule has 0 bridgehead atoms. The van der Waals surface area contributed by atoms with E-state index in [1.54, 1.807) is 11.8 Å². The Balaban J connectivity index is 1.15. The number of hydrogen-bond acceptors (Lipinski definition) is 5. The fourth-order valence-corrected chi connectivity index (χ4v) is 6.02. The number of anilines is 1. The Morgan fingerprint density at radius 1 is 1.04 bits per heavy atom. The Morgan fingerprint density at radius 2 is 1.78 bits per heavy atom. The van der Waals surface area contributed by atoms with E-state index in [0.29, 0.717) is 24.0 Å². The second kappa shape index (κ2) is 14.2. The van der Waals surface area contributed by atoms with Gasteiger partial charge in [0.05, 0.1) is 5.69 Å². The molecule has 12 heteroatoms. The summed E-state index contributed by atoms with van der Waals surface area (Å²) in [5, 5.41) is 8.15. The van der Waals surface area contributed by atoms with Crippen molar-refractivity contribution in [3.63, 3.8) is 0 Å². The smallest absolute Gasteiger partial charge is 0.406 e. The minimum atomic E-state index is -4.74. The predicted molar refractivity (Wildman–Crippen MR) is 172 cm³/mol. The lowest BCUT2D eigenvalue weighted by Crippen LogP contribution is -2.36. The van der Waals surface area contributed by atoms with Gasteiger partial charge in [-0.1, -0.05) is 75.0 Å². The molecule has 1 unspecified atom stereocenters. The van der Waals surface area contributed by atoms with Gasteiger partial charge in [0.2, 0.25) is 0 Å². The number of carbonyl (C=O) groups excluding carboxylic acids is 1. The Kier molecular flexibility index (Phi) is 10.1. The van der Waals surface area contributed by atoms with E-state index in [9.17, 15) is 18.0 Å². The van der Waals surface area contributed by atoms with Crippen LogP contribution in [0.1, 0.15) is 56.6 Å². The summed E-state index contributed by atoms with van der Waals surface area (Å²) in [6.07, 6.45) is -1.47. The van der Waals surface area contributed by atoms with Crippen LogP contribution in [0.5, 0.6) is 5.75 Å². The molecule has 8 nitrogen and oxygen atoms in total. The second-order valence-corrected chi connectivity index (χ2v) is 12.1. The number of amidine groups is 1. The van der Waals surface area contributed by atoms with E-state index in [0.717, 1.165) is 47.1 Å². The zero-order valence-corrected chi connectivity index (χ0v) is 26.1. The maximum Gasteiger partial charge on any atom is 0.573 e. The van der Waals surface area contributed by atoms with E-state index >= 15 is 0 Å². The van der Waals surface area contributed by atoms with Crippen molar-refractivity contribution >= 4 is 28.6 Å². The predicted octanol–water partition coefficient (Wildman–Crippen LogP) is 8.16. The molecule has 1 aliphatic rings. The van der Waals surface area contributed by atoms with E-state index in [1.165, 1.54) is 40.8 Å². The van der Waals surface area contributed by atoms with Crippen LogP contribution in [-0.4, -0.2) is 51.2 Å². The largest absolute Gasteiger partial charge is 0.573 e. The molecule has 1 atom stereocenters. The molecular formula is C33H35F3N6O2S. The monoisotopic (exact) mass is 636 g/mol. The maximum absolute atomic E-state index is 12.8. The summed E-state index contributed by atoms with van der Waals surface area (Å²) >= 11 is 1.61. The van der Waals surface area contributed by atoms with Gasteiger partial charge in [0, 0.05) is 30.1 Å². The number of urea groups is 1. The van der Waals surface area contributed by atoms with Gasteiger partial charge in [-0.3, -0.25) is 0 Å². The minimum Gasteiger partial charge on any atom is -0.406 e. The van der Waals surface area contributed by atoms with Gasteiger partial charge in [0.1, 0.15) is 12.1 Å². The Bertz CT molecular complexity index is 1620. The van der Waals surface area contributed by atoms with E-state index in [1.807, 2.05) is 36.4 Å². The third-order valence-electron chi connectivity index (χ3n) is 7.45. The summed E-state index contributed by atoms with van der Waals surface area (Å²) in [4.78, 5) is 23.7. The first-order valence-corrected chi connectivity index (χ1v) is 15.8. The number of halogens is 3. The number of hydrogen-bond donors (Lipinski definition) is 1. The van der Waals surface area contributed by atoms with Crippen molar-refractivity contribution in [1.82, 2.24) is 20.1 Å². The first-order valence-electron chi connectivity index (χ1n) is 14.8. The molecule has 3 aromatic carbocycles. The van der Waals surface area contributed by atoms with Gasteiger partial charge in [-0.2, -0.15) is 4.99 Å². The quantitative estimate of drug-likeness (QED) is 0.200. The summed E-state index contributed by atoms with van der Waals surface area (Å²) in [5.74, 6) is 1.67. The highest BCUT2D eigenvalue weighted by atomic mass is 32.2. The number of alkyl halides is 3. The number of amides is 2. The highest BCUT2D eigenvalue weighted by Crippen LogP contribution is 2.32. The molecule has 2 heterocycles. The Morgan fingerprint density at radius 3 is 2.49 bits per heavy atom. The SMILES string of the molecule is CC(C)c1ccccc1N1CCCSC1=NC(=O)NCCC(C)c1ccc(-c2ncn(-c3ccc(OC(F)(F)F)cc3)n2)cc1. The highest BCUT2D eigenvalue weighted by molar-refractivity contribution is 8.14. The van der Waals surface area contributed by atoms with Crippen molar-refractivity contribution in [2.24, 2.45) is 4.99 Å². The zero-order chi connectivity index (χ0) is 32.0. The lowest BCUT2D eigenvalue weighted by atomic mass is 9.96. The van der Waals surface area contributed by atoms with Crippen LogP contribution in [0.25, 0.3) is 17.1 Å². The summed E-state index contributed by atoms with van der Waals surface area (Å²) in [5.41, 5.74) is 4.82. The number of carbonyl (C=O) groups is 1. The topological polar surface area (TPSA) is 84.6 Å². The average Bonchev–Trinajstić information content (AvgIpc) is 3.51. The van der Waals surface area contributed by atoms with Crippen LogP contribution >= 0.6 is 11.8 Å². The number of nitrogens with one attached hydrogen (secondary N) is 1. The number of benzene rings is 3. The minimum absolute atomic E-state index is 0.188. The molecule has 5 rings (SSSR count). The zero-order valence-electron chi connectivity index (χ0n) is 25.3. The summed E-state index contributed by atoms with van der Waals surface area (Å²) in [6, 6.07) is 21.3. The number of thioether (sulfide) groups is 1. The van der Waals surface area contributed by atoms with Crippen LogP contribution < -0.4 is 15.0 Å². The Hall–Kier alpha value is -4.32. The fraction of sp³-hybridized carbons (Fsp3) is 0.333. The fourth-order valence-electron chi connectivity index (χ4n) is 5.07. The molecule has 1 fully saturated rings. The third-order valence-corrected chi connectivity index (χ3v) is 8.52. The maximum atomic E-state index is 12.8. The van der Waals surface area contributed by atoms with Crippen LogP contribution in [0, 0.1) is 0 Å². The van der Waals surface area contributed by atoms with Crippen molar-refractivity contribution in [2.45, 2.75) is 51.8 Å². The molecule has 0 spiro atoms. The van der Waals surface area contributed by atoms with Crippen molar-refractivity contribution in [3.05, 3.63) is 90.3 Å². The van der Waals surface area contributed by atoms with Crippen LogP contribution in [0.4, 0.5) is 23.7 Å². The molecule has 45 heavy (non-hydrogen) atoms. The number of rotatable bonds is 9. The molecule has 0 saturated carbocycles. The standard InChI is InChI=1S/C33H35F3N6O2S/c1-22(2)28-7-4-5-8-29(28)41-19-6-20-45-32(41)39-31(43)37-18-17-23(3)24-9-11-25(12-10-24)30-38-21-42(40-30)26-13-15-27(16-14-26)44-33(34,35)36/h4-5,7-16,21-23H,6,17-20H2,1-3H3,(H,37,43). The van der Waals surface area contributed by atoms with Gasteiger partial charge in [0.25, 0.3) is 0 Å². The molecule has 4 aromatic rings.